The van der Waals surface area contributed by atoms with Gasteiger partial charge in [0.15, 0.2) is 5.82 Å². The number of ether oxygens (including phenoxy) is 1. The number of aromatic nitrogens is 2. The molecule has 1 aliphatic heterocycles. The normalized spacial score (nSPS) is 15.0. The summed E-state index contributed by atoms with van der Waals surface area (Å²) in [6.07, 6.45) is 0. The van der Waals surface area contributed by atoms with E-state index < -0.39 is 5.41 Å². The SMILES string of the molecule is c1ccc(-c2nc(-c3ccc4c(c3)C3(c5ccccc5O4)c4ccccc4-c4c3c3ccccc3c3ccccc43)cc(-c3cccc4ccccc34)n2)cc1. The van der Waals surface area contributed by atoms with Crippen LogP contribution in [-0.2, 0) is 5.41 Å². The molecule has 0 N–H and O–H groups in total. The van der Waals surface area contributed by atoms with Gasteiger partial charge in [-0.15, -0.1) is 0 Å². The number of hydrogen-bond acceptors (Lipinski definition) is 3. The first-order chi connectivity index (χ1) is 27.8. The first kappa shape index (κ1) is 31.0. The Kier molecular flexibility index (Phi) is 6.55. The predicted molar refractivity (Wildman–Crippen MR) is 228 cm³/mol. The molecule has 260 valence electrons. The molecule has 0 saturated carbocycles. The highest BCUT2D eigenvalue weighted by atomic mass is 16.5. The lowest BCUT2D eigenvalue weighted by molar-refractivity contribution is 0.437. The first-order valence-electron chi connectivity index (χ1n) is 19.2. The highest BCUT2D eigenvalue weighted by Crippen LogP contribution is 2.65. The third-order valence-corrected chi connectivity index (χ3v) is 11.9. The van der Waals surface area contributed by atoms with Crippen molar-refractivity contribution in [3.63, 3.8) is 0 Å². The van der Waals surface area contributed by atoms with Crippen LogP contribution in [0.15, 0.2) is 194 Å². The topological polar surface area (TPSA) is 35.0 Å². The van der Waals surface area contributed by atoms with Crippen LogP contribution in [0.3, 0.4) is 0 Å². The van der Waals surface area contributed by atoms with E-state index in [4.69, 9.17) is 14.7 Å². The molecular formula is C53H32N2O. The smallest absolute Gasteiger partial charge is 0.160 e. The number of rotatable bonds is 3. The van der Waals surface area contributed by atoms with E-state index >= 15 is 0 Å². The van der Waals surface area contributed by atoms with Crippen LogP contribution < -0.4 is 4.74 Å². The Labute approximate surface area is 324 Å². The number of para-hydroxylation sites is 1. The summed E-state index contributed by atoms with van der Waals surface area (Å²) in [6.45, 7) is 0. The molecule has 9 aromatic carbocycles. The second kappa shape index (κ2) is 11.8. The molecule has 56 heavy (non-hydrogen) atoms. The zero-order valence-electron chi connectivity index (χ0n) is 30.3. The van der Waals surface area contributed by atoms with E-state index in [1.165, 1.54) is 49.2 Å². The van der Waals surface area contributed by atoms with E-state index in [1.54, 1.807) is 0 Å². The number of hydrogen-bond donors (Lipinski definition) is 0. The van der Waals surface area contributed by atoms with Gasteiger partial charge < -0.3 is 4.74 Å². The van der Waals surface area contributed by atoms with Crippen molar-refractivity contribution >= 4 is 32.3 Å². The van der Waals surface area contributed by atoms with Crippen molar-refractivity contribution in [2.24, 2.45) is 0 Å². The van der Waals surface area contributed by atoms with Gasteiger partial charge in [0.25, 0.3) is 0 Å². The molecule has 1 aliphatic carbocycles. The van der Waals surface area contributed by atoms with E-state index in [-0.39, 0.29) is 0 Å². The van der Waals surface area contributed by atoms with Crippen molar-refractivity contribution in [2.45, 2.75) is 5.41 Å². The molecule has 1 unspecified atom stereocenters. The van der Waals surface area contributed by atoms with Crippen LogP contribution in [-0.4, -0.2) is 9.97 Å². The summed E-state index contributed by atoms with van der Waals surface area (Å²) in [5.41, 5.74) is 11.5. The lowest BCUT2D eigenvalue weighted by Gasteiger charge is -2.40. The lowest BCUT2D eigenvalue weighted by Crippen LogP contribution is -2.32. The fraction of sp³-hybridized carbons (Fsp3) is 0.0189. The van der Waals surface area contributed by atoms with Crippen molar-refractivity contribution in [1.29, 1.82) is 0 Å². The molecule has 3 heteroatoms. The van der Waals surface area contributed by atoms with Gasteiger partial charge in [-0.25, -0.2) is 9.97 Å². The fourth-order valence-corrected chi connectivity index (χ4v) is 9.63. The molecule has 12 rings (SSSR count). The monoisotopic (exact) mass is 712 g/mol. The van der Waals surface area contributed by atoms with Gasteiger partial charge in [0.2, 0.25) is 0 Å². The maximum absolute atomic E-state index is 6.89. The van der Waals surface area contributed by atoms with Gasteiger partial charge in [-0.3, -0.25) is 0 Å². The van der Waals surface area contributed by atoms with Gasteiger partial charge >= 0.3 is 0 Å². The van der Waals surface area contributed by atoms with E-state index in [0.717, 1.165) is 56.1 Å². The van der Waals surface area contributed by atoms with Crippen LogP contribution in [0, 0.1) is 0 Å². The van der Waals surface area contributed by atoms with Crippen LogP contribution in [0.2, 0.25) is 0 Å². The molecule has 0 saturated heterocycles. The minimum absolute atomic E-state index is 0.663. The Bertz CT molecular complexity index is 3240. The van der Waals surface area contributed by atoms with Crippen LogP contribution in [0.5, 0.6) is 11.5 Å². The van der Waals surface area contributed by atoms with Gasteiger partial charge in [-0.2, -0.15) is 0 Å². The van der Waals surface area contributed by atoms with Crippen LogP contribution in [0.1, 0.15) is 22.3 Å². The van der Waals surface area contributed by atoms with Crippen molar-refractivity contribution < 1.29 is 4.74 Å². The van der Waals surface area contributed by atoms with E-state index in [2.05, 4.69) is 176 Å². The van der Waals surface area contributed by atoms with E-state index in [9.17, 15) is 0 Å². The van der Waals surface area contributed by atoms with Crippen LogP contribution >= 0.6 is 0 Å². The number of nitrogens with zero attached hydrogens (tertiary/aromatic N) is 2. The van der Waals surface area contributed by atoms with Crippen LogP contribution in [0.25, 0.3) is 77.3 Å². The summed E-state index contributed by atoms with van der Waals surface area (Å²) in [4.78, 5) is 10.5. The molecule has 0 amide bonds. The quantitative estimate of drug-likeness (QED) is 0.171. The van der Waals surface area contributed by atoms with Crippen molar-refractivity contribution in [1.82, 2.24) is 9.97 Å². The largest absolute Gasteiger partial charge is 0.457 e. The molecule has 10 aromatic rings. The molecule has 1 atom stereocenters. The average Bonchev–Trinajstić information content (AvgIpc) is 3.58. The molecule has 0 fully saturated rings. The maximum Gasteiger partial charge on any atom is 0.160 e. The van der Waals surface area contributed by atoms with E-state index in [0.29, 0.717) is 5.82 Å². The third-order valence-electron chi connectivity index (χ3n) is 11.9. The van der Waals surface area contributed by atoms with Gasteiger partial charge in [0.1, 0.15) is 11.5 Å². The fourth-order valence-electron chi connectivity index (χ4n) is 9.63. The lowest BCUT2D eigenvalue weighted by atomic mass is 9.64. The Balaban J connectivity index is 1.19. The summed E-state index contributed by atoms with van der Waals surface area (Å²) in [5.74, 6) is 2.41. The van der Waals surface area contributed by atoms with Crippen LogP contribution in [0.4, 0.5) is 0 Å². The molecule has 2 aliphatic rings. The average molecular weight is 713 g/mol. The molecule has 0 bridgehead atoms. The minimum atomic E-state index is -0.663. The van der Waals surface area contributed by atoms with Crippen molar-refractivity contribution in [2.75, 3.05) is 0 Å². The molecule has 0 radical (unpaired) electrons. The van der Waals surface area contributed by atoms with Crippen molar-refractivity contribution in [3.8, 4) is 56.5 Å². The number of benzene rings is 9. The Morgan fingerprint density at radius 1 is 0.375 bits per heavy atom. The van der Waals surface area contributed by atoms with Gasteiger partial charge in [-0.05, 0) is 84.9 Å². The first-order valence-corrected chi connectivity index (χ1v) is 19.2. The van der Waals surface area contributed by atoms with Gasteiger partial charge in [-0.1, -0.05) is 164 Å². The minimum Gasteiger partial charge on any atom is -0.457 e. The Morgan fingerprint density at radius 3 is 1.84 bits per heavy atom. The Hall–Kier alpha value is -7.36. The summed E-state index contributed by atoms with van der Waals surface area (Å²) in [7, 11) is 0. The third kappa shape index (κ3) is 4.28. The summed E-state index contributed by atoms with van der Waals surface area (Å²) < 4.78 is 6.89. The second-order valence-corrected chi connectivity index (χ2v) is 14.8. The van der Waals surface area contributed by atoms with Gasteiger partial charge in [0, 0.05) is 27.8 Å². The molecule has 2 heterocycles. The number of fused-ring (bicyclic) bond motifs is 15. The summed E-state index contributed by atoms with van der Waals surface area (Å²) in [6, 6.07) is 69.4. The zero-order valence-corrected chi connectivity index (χ0v) is 30.3. The zero-order chi connectivity index (χ0) is 36.8. The van der Waals surface area contributed by atoms with E-state index in [1.807, 2.05) is 18.2 Å². The van der Waals surface area contributed by atoms with Crippen molar-refractivity contribution in [3.05, 3.63) is 216 Å². The maximum atomic E-state index is 6.89. The Morgan fingerprint density at radius 2 is 0.982 bits per heavy atom. The molecule has 1 aromatic heterocycles. The molecular weight excluding hydrogens is 681 g/mol. The molecule has 1 spiro atoms. The van der Waals surface area contributed by atoms with Gasteiger partial charge in [0.05, 0.1) is 16.8 Å². The summed E-state index contributed by atoms with van der Waals surface area (Å²) in [5, 5.41) is 7.35. The highest BCUT2D eigenvalue weighted by molar-refractivity contribution is 6.19. The standard InChI is InChI=1S/C53H32N2O/c1-2-16-34(17-3-1)52-54-46(32-47(55-52)39-25-14-18-33-15-4-5-19-36(33)39)35-29-30-49-45(31-35)53(44-27-12-13-28-48(44)56-49)43-26-11-10-24-42(43)50-40-22-8-6-20-37(40)38-21-7-9-23-41(38)51(50)53/h1-32H. The molecule has 3 nitrogen and oxygen atoms in total. The second-order valence-electron chi connectivity index (χ2n) is 14.8. The summed E-state index contributed by atoms with van der Waals surface area (Å²) >= 11 is 0. The predicted octanol–water partition coefficient (Wildman–Crippen LogP) is 13.4. The highest BCUT2D eigenvalue weighted by Gasteiger charge is 2.52.